The number of guanidine groups is 1. The van der Waals surface area contributed by atoms with E-state index in [4.69, 9.17) is 11.6 Å². The molecule has 27 heavy (non-hydrogen) atoms. The standard InChI is InChI=1S/C18H14ClF2N3O3/c19-12-5-1-10(2-6-12)14-9-15(25)23-18(22-14)24-16(26)11-3-7-13(8-4-11)27-17(20)21/h1-8,14,17H,9H2,(H2,22,23,24,25,26)/t14-/m1/s1. The number of benzene rings is 2. The van der Waals surface area contributed by atoms with Gasteiger partial charge in [0.05, 0.1) is 12.5 Å². The summed E-state index contributed by atoms with van der Waals surface area (Å²) < 4.78 is 28.5. The minimum atomic E-state index is -2.94. The molecule has 0 radical (unpaired) electrons. The van der Waals surface area contributed by atoms with Crippen LogP contribution in [-0.2, 0) is 4.79 Å². The largest absolute Gasteiger partial charge is 0.435 e. The topological polar surface area (TPSA) is 79.8 Å². The van der Waals surface area contributed by atoms with Crippen molar-refractivity contribution in [3.05, 3.63) is 64.7 Å². The number of carbonyl (C=O) groups excluding carboxylic acids is 2. The van der Waals surface area contributed by atoms with Crippen molar-refractivity contribution in [3.63, 3.8) is 0 Å². The van der Waals surface area contributed by atoms with Crippen LogP contribution in [0.4, 0.5) is 8.78 Å². The highest BCUT2D eigenvalue weighted by Crippen LogP contribution is 2.25. The van der Waals surface area contributed by atoms with E-state index >= 15 is 0 Å². The average Bonchev–Trinajstić information content (AvgIpc) is 2.62. The first-order valence-electron chi connectivity index (χ1n) is 7.90. The minimum absolute atomic E-state index is 0.0177. The van der Waals surface area contributed by atoms with E-state index in [0.717, 1.165) is 5.56 Å². The van der Waals surface area contributed by atoms with E-state index in [9.17, 15) is 18.4 Å². The summed E-state index contributed by atoms with van der Waals surface area (Å²) in [4.78, 5) is 28.6. The van der Waals surface area contributed by atoms with Crippen molar-refractivity contribution in [2.24, 2.45) is 4.99 Å². The average molecular weight is 394 g/mol. The summed E-state index contributed by atoms with van der Waals surface area (Å²) in [5.41, 5.74) is 0.983. The lowest BCUT2D eigenvalue weighted by atomic mass is 10.0. The molecule has 0 spiro atoms. The first-order chi connectivity index (χ1) is 12.9. The second-order valence-corrected chi connectivity index (χ2v) is 6.09. The van der Waals surface area contributed by atoms with Crippen molar-refractivity contribution in [1.29, 1.82) is 0 Å². The van der Waals surface area contributed by atoms with Gasteiger partial charge in [0.15, 0.2) is 0 Å². The highest BCUT2D eigenvalue weighted by Gasteiger charge is 2.23. The zero-order valence-corrected chi connectivity index (χ0v) is 14.5. The molecule has 0 bridgehead atoms. The molecule has 9 heteroatoms. The normalized spacial score (nSPS) is 16.5. The van der Waals surface area contributed by atoms with Crippen LogP contribution in [0.2, 0.25) is 5.02 Å². The van der Waals surface area contributed by atoms with E-state index < -0.39 is 18.6 Å². The molecule has 2 amide bonds. The van der Waals surface area contributed by atoms with Crippen LogP contribution >= 0.6 is 11.6 Å². The summed E-state index contributed by atoms with van der Waals surface area (Å²) in [5, 5.41) is 5.56. The third-order valence-electron chi connectivity index (χ3n) is 3.75. The van der Waals surface area contributed by atoms with E-state index in [2.05, 4.69) is 20.4 Å². The fourth-order valence-electron chi connectivity index (χ4n) is 2.50. The molecule has 2 aromatic carbocycles. The van der Waals surface area contributed by atoms with Crippen molar-refractivity contribution in [2.75, 3.05) is 0 Å². The van der Waals surface area contributed by atoms with Crippen LogP contribution in [0.5, 0.6) is 5.75 Å². The quantitative estimate of drug-likeness (QED) is 0.836. The van der Waals surface area contributed by atoms with Gasteiger partial charge in [0.25, 0.3) is 5.91 Å². The Morgan fingerprint density at radius 1 is 1.19 bits per heavy atom. The summed E-state index contributed by atoms with van der Waals surface area (Å²) in [5.74, 6) is -0.882. The van der Waals surface area contributed by atoms with Gasteiger partial charge in [0.1, 0.15) is 5.75 Å². The van der Waals surface area contributed by atoms with E-state index in [1.165, 1.54) is 24.3 Å². The highest BCUT2D eigenvalue weighted by molar-refractivity contribution is 6.30. The number of nitrogens with one attached hydrogen (secondary N) is 2. The molecule has 0 aromatic heterocycles. The van der Waals surface area contributed by atoms with E-state index in [1.807, 2.05) is 0 Å². The number of amides is 2. The number of halogens is 3. The molecule has 6 nitrogen and oxygen atoms in total. The predicted molar refractivity (Wildman–Crippen MR) is 94.9 cm³/mol. The van der Waals surface area contributed by atoms with Gasteiger partial charge in [-0.3, -0.25) is 20.2 Å². The molecular formula is C18H14ClF2N3O3. The van der Waals surface area contributed by atoms with Gasteiger partial charge in [-0.05, 0) is 42.0 Å². The fraction of sp³-hybridized carbons (Fsp3) is 0.167. The number of alkyl halides is 2. The maximum Gasteiger partial charge on any atom is 0.387 e. The highest BCUT2D eigenvalue weighted by atomic mass is 35.5. The maximum absolute atomic E-state index is 12.3. The lowest BCUT2D eigenvalue weighted by Gasteiger charge is -2.21. The second-order valence-electron chi connectivity index (χ2n) is 5.65. The Balaban J connectivity index is 1.72. The Labute approximate surface area is 158 Å². The van der Waals surface area contributed by atoms with Gasteiger partial charge in [-0.25, -0.2) is 4.99 Å². The van der Waals surface area contributed by atoms with Crippen LogP contribution in [-0.4, -0.2) is 24.4 Å². The number of carbonyl (C=O) groups is 2. The Bertz CT molecular complexity index is 870. The SMILES string of the molecule is O=C1C[C@H](c2ccc(Cl)cc2)N=C(NC(=O)c2ccc(OC(F)F)cc2)N1. The molecule has 0 aliphatic carbocycles. The predicted octanol–water partition coefficient (Wildman–Crippen LogP) is 3.29. The molecule has 140 valence electrons. The van der Waals surface area contributed by atoms with Crippen molar-refractivity contribution in [2.45, 2.75) is 19.1 Å². The van der Waals surface area contributed by atoms with E-state index in [-0.39, 0.29) is 29.6 Å². The first kappa shape index (κ1) is 18.8. The van der Waals surface area contributed by atoms with Gasteiger partial charge in [0, 0.05) is 10.6 Å². The molecular weight excluding hydrogens is 380 g/mol. The number of nitrogens with zero attached hydrogens (tertiary/aromatic N) is 1. The number of aliphatic imine (C=N–C) groups is 1. The second kappa shape index (κ2) is 8.13. The summed E-state index contributed by atoms with van der Waals surface area (Å²) in [6.45, 7) is -2.94. The molecule has 1 heterocycles. The summed E-state index contributed by atoms with van der Waals surface area (Å²) in [6.07, 6.45) is 0.140. The minimum Gasteiger partial charge on any atom is -0.435 e. The molecule has 1 atom stereocenters. The van der Waals surface area contributed by atoms with Crippen LogP contribution in [0.25, 0.3) is 0 Å². The first-order valence-corrected chi connectivity index (χ1v) is 8.28. The van der Waals surface area contributed by atoms with Crippen LogP contribution < -0.4 is 15.4 Å². The monoisotopic (exact) mass is 393 g/mol. The van der Waals surface area contributed by atoms with Crippen molar-refractivity contribution >= 4 is 29.4 Å². The van der Waals surface area contributed by atoms with Gasteiger partial charge in [0.2, 0.25) is 11.9 Å². The van der Waals surface area contributed by atoms with Gasteiger partial charge in [-0.1, -0.05) is 23.7 Å². The lowest BCUT2D eigenvalue weighted by molar-refractivity contribution is -0.120. The number of hydrogen-bond donors (Lipinski definition) is 2. The smallest absolute Gasteiger partial charge is 0.387 e. The van der Waals surface area contributed by atoms with Gasteiger partial charge in [-0.15, -0.1) is 0 Å². The van der Waals surface area contributed by atoms with Gasteiger partial charge < -0.3 is 4.74 Å². The van der Waals surface area contributed by atoms with Crippen molar-refractivity contribution in [1.82, 2.24) is 10.6 Å². The molecule has 2 N–H and O–H groups in total. The summed E-state index contributed by atoms with van der Waals surface area (Å²) in [7, 11) is 0. The molecule has 0 fully saturated rings. The molecule has 0 saturated heterocycles. The molecule has 1 aliphatic heterocycles. The number of ether oxygens (including phenoxy) is 1. The molecule has 0 saturated carbocycles. The van der Waals surface area contributed by atoms with Gasteiger partial charge >= 0.3 is 6.61 Å². The van der Waals surface area contributed by atoms with Crippen LogP contribution in [0.15, 0.2) is 53.5 Å². The molecule has 3 rings (SSSR count). The zero-order chi connectivity index (χ0) is 19.4. The van der Waals surface area contributed by atoms with Crippen LogP contribution in [0, 0.1) is 0 Å². The molecule has 1 aliphatic rings. The third-order valence-corrected chi connectivity index (χ3v) is 4.00. The lowest BCUT2D eigenvalue weighted by Crippen LogP contribution is -2.47. The fourth-order valence-corrected chi connectivity index (χ4v) is 2.63. The van der Waals surface area contributed by atoms with Gasteiger partial charge in [-0.2, -0.15) is 8.78 Å². The van der Waals surface area contributed by atoms with Crippen molar-refractivity contribution < 1.29 is 23.1 Å². The molecule has 0 unspecified atom stereocenters. The number of rotatable bonds is 4. The number of hydrogen-bond acceptors (Lipinski definition) is 4. The Kier molecular flexibility index (Phi) is 5.66. The summed E-state index contributed by atoms with van der Waals surface area (Å²) >= 11 is 5.86. The van der Waals surface area contributed by atoms with Crippen LogP contribution in [0.3, 0.4) is 0 Å². The van der Waals surface area contributed by atoms with E-state index in [1.54, 1.807) is 24.3 Å². The Morgan fingerprint density at radius 2 is 1.85 bits per heavy atom. The molecule has 2 aromatic rings. The van der Waals surface area contributed by atoms with Crippen LogP contribution in [0.1, 0.15) is 28.4 Å². The summed E-state index contributed by atoms with van der Waals surface area (Å²) in [6, 6.07) is 11.6. The van der Waals surface area contributed by atoms with Crippen molar-refractivity contribution in [3.8, 4) is 5.75 Å². The maximum atomic E-state index is 12.3. The zero-order valence-electron chi connectivity index (χ0n) is 13.8. The van der Waals surface area contributed by atoms with E-state index in [0.29, 0.717) is 5.02 Å². The Morgan fingerprint density at radius 3 is 2.48 bits per heavy atom. The Hall–Kier alpha value is -3.00. The third kappa shape index (κ3) is 5.01.